The summed E-state index contributed by atoms with van der Waals surface area (Å²) in [5.41, 5.74) is 12.5. The van der Waals surface area contributed by atoms with Gasteiger partial charge in [0.1, 0.15) is 0 Å². The van der Waals surface area contributed by atoms with Crippen molar-refractivity contribution in [2.45, 2.75) is 25.3 Å². The Kier molecular flexibility index (Phi) is 2.25. The van der Waals surface area contributed by atoms with Crippen molar-refractivity contribution in [3.8, 4) is 0 Å². The lowest BCUT2D eigenvalue weighted by molar-refractivity contribution is 0.585. The predicted octanol–water partition coefficient (Wildman–Crippen LogP) is 0.383. The number of hydrogen-bond acceptors (Lipinski definition) is 2. The first kappa shape index (κ1) is 6.78. The van der Waals surface area contributed by atoms with E-state index >= 15 is 0 Å². The molecule has 0 saturated carbocycles. The lowest BCUT2D eigenvalue weighted by Crippen LogP contribution is -2.23. The van der Waals surface area contributed by atoms with Gasteiger partial charge in [-0.3, -0.25) is 0 Å². The van der Waals surface area contributed by atoms with Crippen molar-refractivity contribution in [1.29, 1.82) is 0 Å². The van der Waals surface area contributed by atoms with Crippen LogP contribution in [0, 0.1) is 0 Å². The van der Waals surface area contributed by atoms with E-state index in [9.17, 15) is 0 Å². The van der Waals surface area contributed by atoms with Crippen LogP contribution >= 0.6 is 0 Å². The van der Waals surface area contributed by atoms with Crippen LogP contribution in [-0.4, -0.2) is 12.6 Å². The van der Waals surface area contributed by atoms with Gasteiger partial charge in [0, 0.05) is 12.6 Å². The zero-order valence-electron chi connectivity index (χ0n) is 5.64. The van der Waals surface area contributed by atoms with E-state index in [1.54, 1.807) is 0 Å². The van der Waals surface area contributed by atoms with Gasteiger partial charge in [0.15, 0.2) is 0 Å². The van der Waals surface area contributed by atoms with Gasteiger partial charge in [0.05, 0.1) is 0 Å². The molecule has 0 bridgehead atoms. The Hall–Kier alpha value is -0.340. The molecule has 1 aliphatic rings. The Labute approximate surface area is 55.9 Å². The van der Waals surface area contributed by atoms with Crippen LogP contribution in [0.15, 0.2) is 11.6 Å². The first-order valence-corrected chi connectivity index (χ1v) is 3.46. The van der Waals surface area contributed by atoms with Gasteiger partial charge in [-0.05, 0) is 19.3 Å². The molecule has 0 saturated heterocycles. The molecule has 1 unspecified atom stereocenters. The highest BCUT2D eigenvalue weighted by molar-refractivity contribution is 5.08. The van der Waals surface area contributed by atoms with Crippen molar-refractivity contribution < 1.29 is 0 Å². The Morgan fingerprint density at radius 3 is 2.89 bits per heavy atom. The standard InChI is InChI=1S/C7H14N2/c8-5-6-1-3-7(9)4-2-6/h1,7H,2-5,8-9H2. The van der Waals surface area contributed by atoms with E-state index in [0.29, 0.717) is 12.6 Å². The molecule has 0 amide bonds. The fourth-order valence-electron chi connectivity index (χ4n) is 1.09. The average Bonchev–Trinajstić information content (AvgIpc) is 1.90. The van der Waals surface area contributed by atoms with Crippen LogP contribution in [0.2, 0.25) is 0 Å². The topological polar surface area (TPSA) is 52.0 Å². The predicted molar refractivity (Wildman–Crippen MR) is 39.0 cm³/mol. The number of rotatable bonds is 1. The third-order valence-corrected chi connectivity index (χ3v) is 1.81. The summed E-state index contributed by atoms with van der Waals surface area (Å²) in [6.45, 7) is 0.715. The molecule has 0 aliphatic heterocycles. The highest BCUT2D eigenvalue weighted by Crippen LogP contribution is 2.14. The molecule has 0 radical (unpaired) electrons. The largest absolute Gasteiger partial charge is 0.327 e. The minimum absolute atomic E-state index is 0.389. The SMILES string of the molecule is NCC1=CCC(N)CC1. The number of hydrogen-bond donors (Lipinski definition) is 2. The summed E-state index contributed by atoms with van der Waals surface area (Å²) in [6.07, 6.45) is 5.42. The van der Waals surface area contributed by atoms with Gasteiger partial charge in [-0.15, -0.1) is 0 Å². The smallest absolute Gasteiger partial charge is 0.0136 e. The molecule has 4 N–H and O–H groups in total. The fraction of sp³-hybridized carbons (Fsp3) is 0.714. The third-order valence-electron chi connectivity index (χ3n) is 1.81. The molecule has 0 spiro atoms. The molecule has 1 rings (SSSR count). The van der Waals surface area contributed by atoms with Crippen molar-refractivity contribution in [1.82, 2.24) is 0 Å². The van der Waals surface area contributed by atoms with E-state index in [1.165, 1.54) is 5.57 Å². The lowest BCUT2D eigenvalue weighted by atomic mass is 9.96. The molecule has 0 aromatic rings. The molecular formula is C7H14N2. The minimum atomic E-state index is 0.389. The van der Waals surface area contributed by atoms with Crippen LogP contribution in [0.5, 0.6) is 0 Å². The summed E-state index contributed by atoms with van der Waals surface area (Å²) in [4.78, 5) is 0. The molecule has 1 atom stereocenters. The monoisotopic (exact) mass is 126 g/mol. The first-order chi connectivity index (χ1) is 4.33. The molecule has 0 aromatic heterocycles. The van der Waals surface area contributed by atoms with E-state index < -0.39 is 0 Å². The van der Waals surface area contributed by atoms with Crippen molar-refractivity contribution in [3.05, 3.63) is 11.6 Å². The molecule has 0 fully saturated rings. The van der Waals surface area contributed by atoms with Crippen LogP contribution in [0.1, 0.15) is 19.3 Å². The van der Waals surface area contributed by atoms with Gasteiger partial charge in [0.25, 0.3) is 0 Å². The zero-order valence-corrected chi connectivity index (χ0v) is 5.64. The Balaban J connectivity index is 2.40. The molecule has 0 heterocycles. The summed E-state index contributed by atoms with van der Waals surface area (Å²) in [5.74, 6) is 0. The van der Waals surface area contributed by atoms with Crippen molar-refractivity contribution in [2.24, 2.45) is 11.5 Å². The normalized spacial score (nSPS) is 27.8. The summed E-state index contributed by atoms with van der Waals surface area (Å²) < 4.78 is 0. The second kappa shape index (κ2) is 2.99. The summed E-state index contributed by atoms with van der Waals surface area (Å²) in [7, 11) is 0. The second-order valence-corrected chi connectivity index (χ2v) is 2.60. The van der Waals surface area contributed by atoms with Crippen molar-refractivity contribution in [3.63, 3.8) is 0 Å². The summed E-state index contributed by atoms with van der Waals surface area (Å²) in [6, 6.07) is 0.389. The molecule has 9 heavy (non-hydrogen) atoms. The van der Waals surface area contributed by atoms with E-state index in [4.69, 9.17) is 11.5 Å². The van der Waals surface area contributed by atoms with Crippen LogP contribution in [-0.2, 0) is 0 Å². The van der Waals surface area contributed by atoms with Crippen molar-refractivity contribution >= 4 is 0 Å². The van der Waals surface area contributed by atoms with Gasteiger partial charge in [-0.1, -0.05) is 11.6 Å². The summed E-state index contributed by atoms with van der Waals surface area (Å²) >= 11 is 0. The van der Waals surface area contributed by atoms with Crippen LogP contribution in [0.25, 0.3) is 0 Å². The van der Waals surface area contributed by atoms with E-state index in [1.807, 2.05) is 0 Å². The Bertz CT molecular complexity index is 118. The van der Waals surface area contributed by atoms with Gasteiger partial charge in [0.2, 0.25) is 0 Å². The lowest BCUT2D eigenvalue weighted by Gasteiger charge is -2.16. The maximum Gasteiger partial charge on any atom is 0.0136 e. The highest BCUT2D eigenvalue weighted by Gasteiger charge is 2.07. The van der Waals surface area contributed by atoms with Crippen molar-refractivity contribution in [2.75, 3.05) is 6.54 Å². The van der Waals surface area contributed by atoms with E-state index in [-0.39, 0.29) is 0 Å². The number of nitrogens with two attached hydrogens (primary N) is 2. The highest BCUT2D eigenvalue weighted by atomic mass is 14.6. The third kappa shape index (κ3) is 1.80. The van der Waals surface area contributed by atoms with E-state index in [2.05, 4.69) is 6.08 Å². The van der Waals surface area contributed by atoms with Crippen LogP contribution in [0.4, 0.5) is 0 Å². The quantitative estimate of drug-likeness (QED) is 0.499. The molecule has 0 aromatic carbocycles. The Morgan fingerprint density at radius 2 is 2.44 bits per heavy atom. The molecular weight excluding hydrogens is 112 g/mol. The Morgan fingerprint density at radius 1 is 1.67 bits per heavy atom. The van der Waals surface area contributed by atoms with Gasteiger partial charge in [-0.2, -0.15) is 0 Å². The molecule has 2 nitrogen and oxygen atoms in total. The van der Waals surface area contributed by atoms with Crippen LogP contribution in [0.3, 0.4) is 0 Å². The molecule has 2 heteroatoms. The van der Waals surface area contributed by atoms with E-state index in [0.717, 1.165) is 19.3 Å². The molecule has 1 aliphatic carbocycles. The van der Waals surface area contributed by atoms with Gasteiger partial charge < -0.3 is 11.5 Å². The second-order valence-electron chi connectivity index (χ2n) is 2.60. The van der Waals surface area contributed by atoms with Gasteiger partial charge in [-0.25, -0.2) is 0 Å². The maximum absolute atomic E-state index is 5.67. The first-order valence-electron chi connectivity index (χ1n) is 3.46. The average molecular weight is 126 g/mol. The zero-order chi connectivity index (χ0) is 6.69. The fourth-order valence-corrected chi connectivity index (χ4v) is 1.09. The summed E-state index contributed by atoms with van der Waals surface area (Å²) in [5, 5.41) is 0. The van der Waals surface area contributed by atoms with Crippen LogP contribution < -0.4 is 11.5 Å². The molecule has 52 valence electrons. The minimum Gasteiger partial charge on any atom is -0.327 e. The maximum atomic E-state index is 5.67. The van der Waals surface area contributed by atoms with Gasteiger partial charge >= 0.3 is 0 Å².